The van der Waals surface area contributed by atoms with Crippen LogP contribution in [0, 0.1) is 5.92 Å². The summed E-state index contributed by atoms with van der Waals surface area (Å²) in [4.78, 5) is 15.7. The number of benzene rings is 1. The number of hydrogen-bond donors (Lipinski definition) is 1. The van der Waals surface area contributed by atoms with Crippen LogP contribution >= 0.6 is 0 Å². The minimum Gasteiger partial charge on any atom is -0.390 e. The molecule has 2 heterocycles. The van der Waals surface area contributed by atoms with Crippen molar-refractivity contribution in [3.63, 3.8) is 0 Å². The van der Waals surface area contributed by atoms with E-state index in [2.05, 4.69) is 17.0 Å². The summed E-state index contributed by atoms with van der Waals surface area (Å²) in [6, 6.07) is 10.2. The molecule has 0 bridgehead atoms. The van der Waals surface area contributed by atoms with Crippen molar-refractivity contribution in [3.05, 3.63) is 35.9 Å². The van der Waals surface area contributed by atoms with Gasteiger partial charge in [0.05, 0.1) is 19.3 Å². The first-order chi connectivity index (χ1) is 11.7. The average Bonchev–Trinajstić information content (AvgIpc) is 3.18. The number of amides is 1. The van der Waals surface area contributed by atoms with Gasteiger partial charge >= 0.3 is 0 Å². The van der Waals surface area contributed by atoms with Crippen LogP contribution in [0.1, 0.15) is 24.8 Å². The fraction of sp³-hybridized carbons (Fsp3) is 0.632. The number of aliphatic hydroxyl groups excluding tert-OH is 1. The van der Waals surface area contributed by atoms with Crippen molar-refractivity contribution in [2.75, 3.05) is 39.3 Å². The number of nitrogens with zero attached hydrogens (tertiary/aromatic N) is 2. The normalized spacial score (nSPS) is 23.1. The van der Waals surface area contributed by atoms with E-state index in [4.69, 9.17) is 4.74 Å². The van der Waals surface area contributed by atoms with E-state index in [9.17, 15) is 9.90 Å². The van der Waals surface area contributed by atoms with Gasteiger partial charge in [0, 0.05) is 32.6 Å². The molecule has 1 aromatic rings. The van der Waals surface area contributed by atoms with Crippen LogP contribution in [0.3, 0.4) is 0 Å². The number of β-amino-alcohol motifs (C(OH)–C–C–N with tert-alkyl or cyclic N) is 1. The zero-order valence-electron chi connectivity index (χ0n) is 14.3. The Balaban J connectivity index is 1.32. The molecule has 24 heavy (non-hydrogen) atoms. The van der Waals surface area contributed by atoms with Crippen molar-refractivity contribution < 1.29 is 14.6 Å². The number of rotatable bonds is 8. The predicted octanol–water partition coefficient (Wildman–Crippen LogP) is 1.51. The SMILES string of the molecule is O=C1CCCN1CC(O)CN1CCC(COCc2ccccc2)C1. The lowest BCUT2D eigenvalue weighted by Gasteiger charge is -2.24. The number of carbonyl (C=O) groups excluding carboxylic acids is 1. The molecule has 0 aliphatic carbocycles. The van der Waals surface area contributed by atoms with Gasteiger partial charge in [-0.3, -0.25) is 4.79 Å². The van der Waals surface area contributed by atoms with Crippen molar-refractivity contribution in [1.82, 2.24) is 9.80 Å². The summed E-state index contributed by atoms with van der Waals surface area (Å²) in [6.45, 7) is 5.34. The minimum absolute atomic E-state index is 0.183. The van der Waals surface area contributed by atoms with Crippen LogP contribution in [0.15, 0.2) is 30.3 Å². The van der Waals surface area contributed by atoms with Gasteiger partial charge in [-0.2, -0.15) is 0 Å². The Kier molecular flexibility index (Phi) is 6.24. The Morgan fingerprint density at radius 2 is 2.04 bits per heavy atom. The third-order valence-corrected chi connectivity index (χ3v) is 4.91. The summed E-state index contributed by atoms with van der Waals surface area (Å²) in [5, 5.41) is 10.2. The predicted molar refractivity (Wildman–Crippen MR) is 92.5 cm³/mol. The number of hydrogen-bond acceptors (Lipinski definition) is 4. The van der Waals surface area contributed by atoms with Gasteiger partial charge in [0.15, 0.2) is 0 Å². The van der Waals surface area contributed by atoms with E-state index < -0.39 is 6.10 Å². The van der Waals surface area contributed by atoms with Gasteiger partial charge in [-0.05, 0) is 30.9 Å². The van der Waals surface area contributed by atoms with Crippen molar-refractivity contribution in [3.8, 4) is 0 Å². The molecular formula is C19H28N2O3. The van der Waals surface area contributed by atoms with E-state index in [-0.39, 0.29) is 5.91 Å². The molecule has 2 atom stereocenters. The minimum atomic E-state index is -0.448. The van der Waals surface area contributed by atoms with Crippen molar-refractivity contribution in [2.24, 2.45) is 5.92 Å². The van der Waals surface area contributed by atoms with Gasteiger partial charge in [0.1, 0.15) is 0 Å². The molecule has 0 radical (unpaired) electrons. The highest BCUT2D eigenvalue weighted by Gasteiger charge is 2.27. The lowest BCUT2D eigenvalue weighted by molar-refractivity contribution is -0.129. The Morgan fingerprint density at radius 1 is 1.21 bits per heavy atom. The lowest BCUT2D eigenvalue weighted by atomic mass is 10.1. The molecule has 3 rings (SSSR count). The maximum Gasteiger partial charge on any atom is 0.222 e. The van der Waals surface area contributed by atoms with E-state index in [0.29, 0.717) is 32.0 Å². The number of ether oxygens (including phenoxy) is 1. The van der Waals surface area contributed by atoms with E-state index in [1.165, 1.54) is 5.56 Å². The molecule has 2 fully saturated rings. The van der Waals surface area contributed by atoms with E-state index in [1.807, 2.05) is 18.2 Å². The van der Waals surface area contributed by atoms with Crippen LogP contribution < -0.4 is 0 Å². The molecule has 0 aromatic heterocycles. The van der Waals surface area contributed by atoms with Gasteiger partial charge in [-0.25, -0.2) is 0 Å². The monoisotopic (exact) mass is 332 g/mol. The fourth-order valence-electron chi connectivity index (χ4n) is 3.64. The van der Waals surface area contributed by atoms with Crippen LogP contribution in [0.25, 0.3) is 0 Å². The molecule has 5 heteroatoms. The van der Waals surface area contributed by atoms with Crippen LogP contribution in [-0.4, -0.2) is 66.2 Å². The molecule has 132 valence electrons. The fourth-order valence-corrected chi connectivity index (χ4v) is 3.64. The van der Waals surface area contributed by atoms with Crippen LogP contribution in [0.2, 0.25) is 0 Å². The van der Waals surface area contributed by atoms with Crippen LogP contribution in [0.5, 0.6) is 0 Å². The summed E-state index contributed by atoms with van der Waals surface area (Å²) < 4.78 is 5.84. The Hall–Kier alpha value is -1.43. The number of aliphatic hydroxyl groups is 1. The number of carbonyl (C=O) groups is 1. The van der Waals surface area contributed by atoms with Gasteiger partial charge in [0.25, 0.3) is 0 Å². The molecule has 2 aliphatic rings. The van der Waals surface area contributed by atoms with E-state index in [0.717, 1.165) is 39.1 Å². The second-order valence-electron chi connectivity index (χ2n) is 7.01. The van der Waals surface area contributed by atoms with Crippen LogP contribution in [-0.2, 0) is 16.1 Å². The summed E-state index contributed by atoms with van der Waals surface area (Å²) in [5.74, 6) is 0.719. The van der Waals surface area contributed by atoms with Gasteiger partial charge < -0.3 is 19.6 Å². The molecule has 0 saturated carbocycles. The summed E-state index contributed by atoms with van der Waals surface area (Å²) in [5.41, 5.74) is 1.21. The quantitative estimate of drug-likeness (QED) is 0.784. The van der Waals surface area contributed by atoms with Gasteiger partial charge in [-0.1, -0.05) is 30.3 Å². The molecule has 5 nitrogen and oxygen atoms in total. The van der Waals surface area contributed by atoms with E-state index >= 15 is 0 Å². The first-order valence-electron chi connectivity index (χ1n) is 9.00. The topological polar surface area (TPSA) is 53.0 Å². The molecule has 1 aromatic carbocycles. The Labute approximate surface area is 144 Å². The maximum absolute atomic E-state index is 11.6. The molecule has 0 spiro atoms. The molecular weight excluding hydrogens is 304 g/mol. The second-order valence-corrected chi connectivity index (χ2v) is 7.01. The zero-order valence-corrected chi connectivity index (χ0v) is 14.3. The zero-order chi connectivity index (χ0) is 16.8. The van der Waals surface area contributed by atoms with Crippen LogP contribution in [0.4, 0.5) is 0 Å². The van der Waals surface area contributed by atoms with Gasteiger partial charge in [-0.15, -0.1) is 0 Å². The highest BCUT2D eigenvalue weighted by molar-refractivity contribution is 5.78. The first kappa shape index (κ1) is 17.4. The third kappa shape index (κ3) is 5.03. The van der Waals surface area contributed by atoms with E-state index in [1.54, 1.807) is 4.90 Å². The average molecular weight is 332 g/mol. The highest BCUT2D eigenvalue weighted by atomic mass is 16.5. The molecule has 1 amide bonds. The molecule has 2 aliphatic heterocycles. The summed E-state index contributed by atoms with van der Waals surface area (Å²) >= 11 is 0. The molecule has 2 unspecified atom stereocenters. The number of likely N-dealkylation sites (tertiary alicyclic amines) is 2. The largest absolute Gasteiger partial charge is 0.390 e. The first-order valence-corrected chi connectivity index (χ1v) is 9.00. The van der Waals surface area contributed by atoms with Crippen molar-refractivity contribution >= 4 is 5.91 Å². The van der Waals surface area contributed by atoms with Gasteiger partial charge in [0.2, 0.25) is 5.91 Å². The lowest BCUT2D eigenvalue weighted by Crippen LogP contribution is -2.40. The standard InChI is InChI=1S/C19H28N2O3/c22-18(13-21-9-4-7-19(21)23)12-20-10-8-17(11-20)15-24-14-16-5-2-1-3-6-16/h1-3,5-6,17-18,22H,4,7-15H2. The maximum atomic E-state index is 11.6. The Morgan fingerprint density at radius 3 is 2.79 bits per heavy atom. The highest BCUT2D eigenvalue weighted by Crippen LogP contribution is 2.18. The Bertz CT molecular complexity index is 523. The summed E-state index contributed by atoms with van der Waals surface area (Å²) in [7, 11) is 0. The molecule has 2 saturated heterocycles. The summed E-state index contributed by atoms with van der Waals surface area (Å²) in [6.07, 6.45) is 2.23. The van der Waals surface area contributed by atoms with Crippen molar-refractivity contribution in [1.29, 1.82) is 0 Å². The smallest absolute Gasteiger partial charge is 0.222 e. The van der Waals surface area contributed by atoms with Crippen molar-refractivity contribution in [2.45, 2.75) is 32.0 Å². The molecule has 1 N–H and O–H groups in total. The third-order valence-electron chi connectivity index (χ3n) is 4.91. The second kappa shape index (κ2) is 8.60.